The van der Waals surface area contributed by atoms with Crippen LogP contribution in [0.25, 0.3) is 0 Å². The topological polar surface area (TPSA) is 53.2 Å². The van der Waals surface area contributed by atoms with Crippen LogP contribution in [0.2, 0.25) is 0 Å². The first-order valence-electron chi connectivity index (χ1n) is 3.34. The van der Waals surface area contributed by atoms with Crippen LogP contribution in [0.4, 0.5) is 0 Å². The number of methoxy groups -OCH3 is 1. The van der Waals surface area contributed by atoms with Crippen molar-refractivity contribution in [3.8, 4) is 6.07 Å². The molecule has 3 heteroatoms. The number of ether oxygens (including phenoxy) is 1. The van der Waals surface area contributed by atoms with E-state index in [0.29, 0.717) is 6.61 Å². The number of nitrogens with zero attached hydrogens (tertiary/aromatic N) is 1. The van der Waals surface area contributed by atoms with Crippen LogP contribution in [-0.2, 0) is 4.74 Å². The molecule has 0 amide bonds. The first-order chi connectivity index (χ1) is 4.85. The van der Waals surface area contributed by atoms with E-state index in [1.54, 1.807) is 7.11 Å². The first kappa shape index (κ1) is 9.41. The molecule has 10 heavy (non-hydrogen) atoms. The summed E-state index contributed by atoms with van der Waals surface area (Å²) in [6.45, 7) is 0.623. The fourth-order valence-corrected chi connectivity index (χ4v) is 0.671. The molecule has 1 unspecified atom stereocenters. The predicted molar refractivity (Wildman–Crippen MR) is 37.3 cm³/mol. The summed E-state index contributed by atoms with van der Waals surface area (Å²) >= 11 is 0. The van der Waals surface area contributed by atoms with Gasteiger partial charge in [-0.25, -0.2) is 0 Å². The summed E-state index contributed by atoms with van der Waals surface area (Å²) in [5, 5.41) is 16.9. The number of aliphatic hydroxyl groups is 1. The minimum atomic E-state index is -0.213. The molecular weight excluding hydrogens is 130 g/mol. The van der Waals surface area contributed by atoms with Gasteiger partial charge in [0.2, 0.25) is 0 Å². The van der Waals surface area contributed by atoms with Gasteiger partial charge in [-0.05, 0) is 12.8 Å². The van der Waals surface area contributed by atoms with Crippen LogP contribution < -0.4 is 0 Å². The Labute approximate surface area is 61.2 Å². The Morgan fingerprint density at radius 1 is 1.70 bits per heavy atom. The SMILES string of the molecule is COCCCC(C#N)CO. The molecule has 1 atom stereocenters. The van der Waals surface area contributed by atoms with Crippen LogP contribution in [0.15, 0.2) is 0 Å². The number of aliphatic hydroxyl groups excluding tert-OH is 1. The van der Waals surface area contributed by atoms with Crippen LogP contribution >= 0.6 is 0 Å². The van der Waals surface area contributed by atoms with Crippen molar-refractivity contribution >= 4 is 0 Å². The van der Waals surface area contributed by atoms with Crippen LogP contribution in [0.5, 0.6) is 0 Å². The Balaban J connectivity index is 3.20. The Kier molecular flexibility index (Phi) is 6.14. The first-order valence-corrected chi connectivity index (χ1v) is 3.34. The number of nitriles is 1. The minimum Gasteiger partial charge on any atom is -0.395 e. The number of hydrogen-bond donors (Lipinski definition) is 1. The van der Waals surface area contributed by atoms with Crippen molar-refractivity contribution in [2.24, 2.45) is 5.92 Å². The van der Waals surface area contributed by atoms with Crippen LogP contribution in [0.3, 0.4) is 0 Å². The van der Waals surface area contributed by atoms with Crippen molar-refractivity contribution in [1.82, 2.24) is 0 Å². The van der Waals surface area contributed by atoms with E-state index in [1.807, 2.05) is 6.07 Å². The Bertz CT molecular complexity index is 109. The fourth-order valence-electron chi connectivity index (χ4n) is 0.671. The lowest BCUT2D eigenvalue weighted by Gasteiger charge is -2.02. The van der Waals surface area contributed by atoms with Crippen LogP contribution in [0, 0.1) is 17.2 Å². The molecule has 0 aliphatic heterocycles. The van der Waals surface area contributed by atoms with Crippen molar-refractivity contribution in [2.45, 2.75) is 12.8 Å². The average Bonchev–Trinajstić information content (AvgIpc) is 1.99. The predicted octanol–water partition coefficient (Wildman–Crippen LogP) is 0.545. The van der Waals surface area contributed by atoms with Crippen molar-refractivity contribution in [2.75, 3.05) is 20.3 Å². The van der Waals surface area contributed by atoms with Gasteiger partial charge in [-0.2, -0.15) is 5.26 Å². The van der Waals surface area contributed by atoms with Gasteiger partial charge < -0.3 is 9.84 Å². The molecule has 0 bridgehead atoms. The highest BCUT2D eigenvalue weighted by Gasteiger charge is 2.03. The summed E-state index contributed by atoms with van der Waals surface area (Å²) < 4.78 is 4.79. The third kappa shape index (κ3) is 4.30. The third-order valence-electron chi connectivity index (χ3n) is 1.30. The molecule has 0 rings (SSSR count). The molecule has 0 aliphatic carbocycles. The lowest BCUT2D eigenvalue weighted by molar-refractivity contribution is 0.180. The Morgan fingerprint density at radius 3 is 2.80 bits per heavy atom. The summed E-state index contributed by atoms with van der Waals surface area (Å²) in [6.07, 6.45) is 1.57. The van der Waals surface area contributed by atoms with E-state index in [-0.39, 0.29) is 12.5 Å². The zero-order valence-electron chi connectivity index (χ0n) is 6.21. The lowest BCUT2D eigenvalue weighted by atomic mass is 10.1. The van der Waals surface area contributed by atoms with Gasteiger partial charge in [0.25, 0.3) is 0 Å². The summed E-state index contributed by atoms with van der Waals surface area (Å²) in [5.41, 5.74) is 0. The zero-order chi connectivity index (χ0) is 7.82. The summed E-state index contributed by atoms with van der Waals surface area (Å²) in [5.74, 6) is -0.213. The number of rotatable bonds is 5. The molecule has 0 fully saturated rings. The van der Waals surface area contributed by atoms with Gasteiger partial charge >= 0.3 is 0 Å². The quantitative estimate of drug-likeness (QED) is 0.571. The summed E-state index contributed by atoms with van der Waals surface area (Å²) in [6, 6.07) is 2.01. The molecule has 0 aromatic carbocycles. The molecular formula is C7H13NO2. The molecule has 0 aliphatic rings. The van der Waals surface area contributed by atoms with Gasteiger partial charge in [0.15, 0.2) is 0 Å². The molecule has 0 spiro atoms. The molecule has 0 aromatic rings. The highest BCUT2D eigenvalue weighted by atomic mass is 16.5. The standard InChI is InChI=1S/C7H13NO2/c1-10-4-2-3-7(5-8)6-9/h7,9H,2-4,6H2,1H3. The Morgan fingerprint density at radius 2 is 2.40 bits per heavy atom. The molecule has 0 saturated carbocycles. The van der Waals surface area contributed by atoms with Gasteiger partial charge in [-0.3, -0.25) is 0 Å². The molecule has 0 radical (unpaired) electrons. The smallest absolute Gasteiger partial charge is 0.0695 e. The summed E-state index contributed by atoms with van der Waals surface area (Å²) in [7, 11) is 1.63. The van der Waals surface area contributed by atoms with Crippen molar-refractivity contribution in [3.05, 3.63) is 0 Å². The molecule has 3 nitrogen and oxygen atoms in total. The third-order valence-corrected chi connectivity index (χ3v) is 1.30. The molecule has 58 valence electrons. The van der Waals surface area contributed by atoms with E-state index < -0.39 is 0 Å². The summed E-state index contributed by atoms with van der Waals surface area (Å²) in [4.78, 5) is 0. The van der Waals surface area contributed by atoms with E-state index in [2.05, 4.69) is 0 Å². The maximum atomic E-state index is 8.56. The lowest BCUT2D eigenvalue weighted by Crippen LogP contribution is -2.04. The highest BCUT2D eigenvalue weighted by Crippen LogP contribution is 2.03. The second-order valence-corrected chi connectivity index (χ2v) is 2.14. The van der Waals surface area contributed by atoms with Crippen LogP contribution in [-0.4, -0.2) is 25.4 Å². The van der Waals surface area contributed by atoms with Gasteiger partial charge in [-0.15, -0.1) is 0 Å². The van der Waals surface area contributed by atoms with Crippen molar-refractivity contribution < 1.29 is 9.84 Å². The van der Waals surface area contributed by atoms with E-state index in [1.165, 1.54) is 0 Å². The normalized spacial score (nSPS) is 12.5. The van der Waals surface area contributed by atoms with Gasteiger partial charge in [-0.1, -0.05) is 0 Å². The maximum absolute atomic E-state index is 8.56. The van der Waals surface area contributed by atoms with Gasteiger partial charge in [0.05, 0.1) is 18.6 Å². The van der Waals surface area contributed by atoms with E-state index >= 15 is 0 Å². The molecule has 0 heterocycles. The molecule has 0 aromatic heterocycles. The van der Waals surface area contributed by atoms with E-state index in [0.717, 1.165) is 12.8 Å². The molecule has 0 saturated heterocycles. The molecule has 1 N–H and O–H groups in total. The average molecular weight is 143 g/mol. The van der Waals surface area contributed by atoms with E-state index in [4.69, 9.17) is 15.1 Å². The van der Waals surface area contributed by atoms with E-state index in [9.17, 15) is 0 Å². The van der Waals surface area contributed by atoms with Gasteiger partial charge in [0.1, 0.15) is 0 Å². The monoisotopic (exact) mass is 143 g/mol. The van der Waals surface area contributed by atoms with Crippen molar-refractivity contribution in [3.63, 3.8) is 0 Å². The fraction of sp³-hybridized carbons (Fsp3) is 0.857. The zero-order valence-corrected chi connectivity index (χ0v) is 6.21. The highest BCUT2D eigenvalue weighted by molar-refractivity contribution is 4.81. The minimum absolute atomic E-state index is 0.0415. The largest absolute Gasteiger partial charge is 0.395 e. The second-order valence-electron chi connectivity index (χ2n) is 2.14. The number of hydrogen-bond acceptors (Lipinski definition) is 3. The second kappa shape index (κ2) is 6.53. The maximum Gasteiger partial charge on any atom is 0.0695 e. The van der Waals surface area contributed by atoms with Crippen LogP contribution in [0.1, 0.15) is 12.8 Å². The van der Waals surface area contributed by atoms with Gasteiger partial charge in [0, 0.05) is 13.7 Å². The Hall–Kier alpha value is -0.590. The van der Waals surface area contributed by atoms with Crippen molar-refractivity contribution in [1.29, 1.82) is 5.26 Å².